The largest absolute Gasteiger partial charge is 0.324 e. The number of rotatable bonds is 3. The minimum absolute atomic E-state index is 0.290. The molecule has 1 atom stereocenters. The van der Waals surface area contributed by atoms with E-state index in [0.29, 0.717) is 16.5 Å². The molecule has 2 aromatic carbocycles. The molecule has 1 nitrogen and oxygen atoms in total. The fraction of sp³-hybridized carbons (Fsp3) is 0.143. The zero-order chi connectivity index (χ0) is 13.1. The average Bonchev–Trinajstić information content (AvgIpc) is 2.32. The summed E-state index contributed by atoms with van der Waals surface area (Å²) < 4.78 is 27.1. The minimum Gasteiger partial charge on any atom is -0.324 e. The van der Waals surface area contributed by atoms with E-state index >= 15 is 0 Å². The second kappa shape index (κ2) is 5.59. The summed E-state index contributed by atoms with van der Waals surface area (Å²) in [7, 11) is 0. The van der Waals surface area contributed by atoms with Gasteiger partial charge in [0.2, 0.25) is 0 Å². The number of hydrogen-bond donors (Lipinski definition) is 1. The predicted molar refractivity (Wildman–Crippen MR) is 71.1 cm³/mol. The molecule has 94 valence electrons. The summed E-state index contributed by atoms with van der Waals surface area (Å²) in [4.78, 5) is 0. The molecule has 0 amide bonds. The van der Waals surface area contributed by atoms with E-state index in [1.165, 1.54) is 18.2 Å². The Hall–Kier alpha value is -1.26. The first-order valence-electron chi connectivity index (χ1n) is 5.51. The lowest BCUT2D eigenvalue weighted by Crippen LogP contribution is -2.15. The third kappa shape index (κ3) is 3.15. The molecule has 0 fully saturated rings. The normalized spacial score (nSPS) is 12.4. The summed E-state index contributed by atoms with van der Waals surface area (Å²) in [5, 5.41) is 0. The van der Waals surface area contributed by atoms with Crippen LogP contribution in [0, 0.1) is 11.6 Å². The van der Waals surface area contributed by atoms with Crippen LogP contribution in [-0.2, 0) is 6.42 Å². The van der Waals surface area contributed by atoms with Gasteiger partial charge in [-0.3, -0.25) is 0 Å². The van der Waals surface area contributed by atoms with Gasteiger partial charge < -0.3 is 5.73 Å². The SMILES string of the molecule is NC(Cc1ccc(F)cc1)c1ccc(Br)cc1F. The van der Waals surface area contributed by atoms with Gasteiger partial charge in [-0.2, -0.15) is 0 Å². The fourth-order valence-corrected chi connectivity index (χ4v) is 2.12. The summed E-state index contributed by atoms with van der Waals surface area (Å²) in [6.45, 7) is 0. The quantitative estimate of drug-likeness (QED) is 0.912. The number of hydrogen-bond acceptors (Lipinski definition) is 1. The molecule has 0 bridgehead atoms. The zero-order valence-corrected chi connectivity index (χ0v) is 11.1. The van der Waals surface area contributed by atoms with Crippen LogP contribution in [-0.4, -0.2) is 0 Å². The molecular formula is C14H12BrF2N. The fourth-order valence-electron chi connectivity index (χ4n) is 1.79. The molecule has 0 aliphatic heterocycles. The Bertz CT molecular complexity index is 540. The van der Waals surface area contributed by atoms with Crippen LogP contribution in [0.2, 0.25) is 0 Å². The van der Waals surface area contributed by atoms with Gasteiger partial charge in [0.05, 0.1) is 0 Å². The van der Waals surface area contributed by atoms with E-state index < -0.39 is 6.04 Å². The Morgan fingerprint density at radius 2 is 1.72 bits per heavy atom. The van der Waals surface area contributed by atoms with Crippen molar-refractivity contribution in [3.8, 4) is 0 Å². The molecule has 1 unspecified atom stereocenters. The van der Waals surface area contributed by atoms with Crippen molar-refractivity contribution in [2.45, 2.75) is 12.5 Å². The summed E-state index contributed by atoms with van der Waals surface area (Å²) in [6.07, 6.45) is 0.471. The van der Waals surface area contributed by atoms with Crippen LogP contribution in [0.4, 0.5) is 8.78 Å². The highest BCUT2D eigenvalue weighted by atomic mass is 79.9. The van der Waals surface area contributed by atoms with Gasteiger partial charge in [-0.15, -0.1) is 0 Å². The van der Waals surface area contributed by atoms with E-state index in [-0.39, 0.29) is 11.6 Å². The van der Waals surface area contributed by atoms with Gasteiger partial charge in [-0.25, -0.2) is 8.78 Å². The van der Waals surface area contributed by atoms with Gasteiger partial charge in [-0.1, -0.05) is 34.1 Å². The van der Waals surface area contributed by atoms with Gasteiger partial charge in [0.1, 0.15) is 11.6 Å². The van der Waals surface area contributed by atoms with E-state index in [1.54, 1.807) is 24.3 Å². The second-order valence-corrected chi connectivity index (χ2v) is 5.02. The molecular weight excluding hydrogens is 300 g/mol. The van der Waals surface area contributed by atoms with Crippen molar-refractivity contribution < 1.29 is 8.78 Å². The van der Waals surface area contributed by atoms with Crippen molar-refractivity contribution in [3.05, 3.63) is 69.7 Å². The molecule has 2 aromatic rings. The summed E-state index contributed by atoms with van der Waals surface area (Å²) in [6, 6.07) is 10.4. The standard InChI is InChI=1S/C14H12BrF2N/c15-10-3-6-12(13(17)8-10)14(18)7-9-1-4-11(16)5-2-9/h1-6,8,14H,7,18H2. The Balaban J connectivity index is 2.16. The van der Waals surface area contributed by atoms with Crippen LogP contribution in [0.1, 0.15) is 17.2 Å². The maximum absolute atomic E-state index is 13.7. The third-order valence-electron chi connectivity index (χ3n) is 2.73. The maximum atomic E-state index is 13.7. The molecule has 0 saturated carbocycles. The second-order valence-electron chi connectivity index (χ2n) is 4.10. The van der Waals surface area contributed by atoms with Crippen LogP contribution in [0.3, 0.4) is 0 Å². The Morgan fingerprint density at radius 3 is 2.33 bits per heavy atom. The molecule has 0 heterocycles. The van der Waals surface area contributed by atoms with E-state index in [2.05, 4.69) is 15.9 Å². The van der Waals surface area contributed by atoms with E-state index in [9.17, 15) is 8.78 Å². The van der Waals surface area contributed by atoms with Crippen LogP contribution < -0.4 is 5.73 Å². The first-order valence-corrected chi connectivity index (χ1v) is 6.30. The van der Waals surface area contributed by atoms with Crippen LogP contribution >= 0.6 is 15.9 Å². The lowest BCUT2D eigenvalue weighted by Gasteiger charge is -2.13. The third-order valence-corrected chi connectivity index (χ3v) is 3.22. The molecule has 0 aromatic heterocycles. The van der Waals surface area contributed by atoms with Gasteiger partial charge in [0.15, 0.2) is 0 Å². The van der Waals surface area contributed by atoms with Crippen molar-refractivity contribution in [2.75, 3.05) is 0 Å². The molecule has 0 aliphatic rings. The Kier molecular flexibility index (Phi) is 4.09. The van der Waals surface area contributed by atoms with E-state index in [1.807, 2.05) is 0 Å². The highest BCUT2D eigenvalue weighted by Gasteiger charge is 2.12. The van der Waals surface area contributed by atoms with Gasteiger partial charge in [-0.05, 0) is 36.2 Å². The predicted octanol–water partition coefficient (Wildman–Crippen LogP) is 3.97. The van der Waals surface area contributed by atoms with Crippen LogP contribution in [0.15, 0.2) is 46.9 Å². The van der Waals surface area contributed by atoms with E-state index in [4.69, 9.17) is 5.73 Å². The van der Waals surface area contributed by atoms with Gasteiger partial charge in [0.25, 0.3) is 0 Å². The molecule has 0 radical (unpaired) electrons. The molecule has 4 heteroatoms. The Labute approximate surface area is 113 Å². The first kappa shape index (κ1) is 13.2. The highest BCUT2D eigenvalue weighted by Crippen LogP contribution is 2.22. The monoisotopic (exact) mass is 311 g/mol. The van der Waals surface area contributed by atoms with Crippen LogP contribution in [0.25, 0.3) is 0 Å². The van der Waals surface area contributed by atoms with Crippen molar-refractivity contribution >= 4 is 15.9 Å². The van der Waals surface area contributed by atoms with Crippen molar-refractivity contribution in [1.82, 2.24) is 0 Å². The molecule has 0 saturated heterocycles. The zero-order valence-electron chi connectivity index (χ0n) is 9.54. The van der Waals surface area contributed by atoms with Crippen molar-refractivity contribution in [2.24, 2.45) is 5.73 Å². The maximum Gasteiger partial charge on any atom is 0.129 e. The summed E-state index contributed by atoms with van der Waals surface area (Å²) in [5.74, 6) is -0.624. The van der Waals surface area contributed by atoms with E-state index in [0.717, 1.165) is 5.56 Å². The van der Waals surface area contributed by atoms with Crippen molar-refractivity contribution in [1.29, 1.82) is 0 Å². The Morgan fingerprint density at radius 1 is 1.06 bits per heavy atom. The summed E-state index contributed by atoms with van der Waals surface area (Å²) >= 11 is 3.20. The van der Waals surface area contributed by atoms with Crippen LogP contribution in [0.5, 0.6) is 0 Å². The van der Waals surface area contributed by atoms with Gasteiger partial charge >= 0.3 is 0 Å². The average molecular weight is 312 g/mol. The number of nitrogens with two attached hydrogens (primary N) is 1. The number of halogens is 3. The molecule has 0 aliphatic carbocycles. The molecule has 18 heavy (non-hydrogen) atoms. The van der Waals surface area contributed by atoms with Crippen molar-refractivity contribution in [3.63, 3.8) is 0 Å². The molecule has 2 rings (SSSR count). The molecule has 2 N–H and O–H groups in total. The topological polar surface area (TPSA) is 26.0 Å². The summed E-state index contributed by atoms with van der Waals surface area (Å²) in [5.41, 5.74) is 7.31. The highest BCUT2D eigenvalue weighted by molar-refractivity contribution is 9.10. The first-order chi connectivity index (χ1) is 8.56. The molecule has 0 spiro atoms. The lowest BCUT2D eigenvalue weighted by molar-refractivity contribution is 0.579. The van der Waals surface area contributed by atoms with Gasteiger partial charge in [0, 0.05) is 16.1 Å². The number of benzene rings is 2. The smallest absolute Gasteiger partial charge is 0.129 e. The lowest BCUT2D eigenvalue weighted by atomic mass is 9.99. The minimum atomic E-state index is -0.441.